The highest BCUT2D eigenvalue weighted by Crippen LogP contribution is 2.19. The predicted octanol–water partition coefficient (Wildman–Crippen LogP) is 3.03. The van der Waals surface area contributed by atoms with Crippen LogP contribution in [0.2, 0.25) is 0 Å². The SMILES string of the molecule is COCCOCCCSc1ccc(C(C)=O)cc1. The number of ether oxygens (including phenoxy) is 2. The smallest absolute Gasteiger partial charge is 0.159 e. The molecule has 0 aliphatic heterocycles. The molecular weight excluding hydrogens is 248 g/mol. The monoisotopic (exact) mass is 268 g/mol. The van der Waals surface area contributed by atoms with Gasteiger partial charge >= 0.3 is 0 Å². The third-order valence-electron chi connectivity index (χ3n) is 2.39. The molecule has 0 bridgehead atoms. The van der Waals surface area contributed by atoms with E-state index >= 15 is 0 Å². The highest BCUT2D eigenvalue weighted by Gasteiger charge is 1.99. The molecule has 100 valence electrons. The van der Waals surface area contributed by atoms with Crippen LogP contribution >= 0.6 is 11.8 Å². The summed E-state index contributed by atoms with van der Waals surface area (Å²) < 4.78 is 10.3. The number of carbonyl (C=O) groups excluding carboxylic acids is 1. The number of hydrogen-bond donors (Lipinski definition) is 0. The zero-order chi connectivity index (χ0) is 13.2. The number of Topliss-reactive ketones (excluding diaryl/α,β-unsaturated/α-hetero) is 1. The van der Waals surface area contributed by atoms with Gasteiger partial charge in [-0.2, -0.15) is 0 Å². The summed E-state index contributed by atoms with van der Waals surface area (Å²) in [4.78, 5) is 12.3. The van der Waals surface area contributed by atoms with E-state index in [1.807, 2.05) is 24.3 Å². The van der Waals surface area contributed by atoms with E-state index in [2.05, 4.69) is 0 Å². The molecule has 0 fully saturated rings. The third kappa shape index (κ3) is 6.19. The van der Waals surface area contributed by atoms with Crippen LogP contribution in [0.5, 0.6) is 0 Å². The number of ketones is 1. The van der Waals surface area contributed by atoms with Crippen LogP contribution in [-0.2, 0) is 9.47 Å². The zero-order valence-corrected chi connectivity index (χ0v) is 11.8. The van der Waals surface area contributed by atoms with Gasteiger partial charge in [-0.3, -0.25) is 4.79 Å². The van der Waals surface area contributed by atoms with Gasteiger partial charge in [0.1, 0.15) is 0 Å². The molecule has 3 nitrogen and oxygen atoms in total. The highest BCUT2D eigenvalue weighted by molar-refractivity contribution is 7.99. The van der Waals surface area contributed by atoms with Crippen molar-refractivity contribution in [1.82, 2.24) is 0 Å². The maximum absolute atomic E-state index is 11.1. The third-order valence-corrected chi connectivity index (χ3v) is 3.49. The van der Waals surface area contributed by atoms with E-state index in [0.717, 1.165) is 24.3 Å². The van der Waals surface area contributed by atoms with Crippen molar-refractivity contribution < 1.29 is 14.3 Å². The van der Waals surface area contributed by atoms with Crippen LogP contribution in [0.3, 0.4) is 0 Å². The Morgan fingerprint density at radius 3 is 2.50 bits per heavy atom. The summed E-state index contributed by atoms with van der Waals surface area (Å²) in [5, 5.41) is 0. The summed E-state index contributed by atoms with van der Waals surface area (Å²) in [6.45, 7) is 3.66. The summed E-state index contributed by atoms with van der Waals surface area (Å²) in [5.74, 6) is 1.13. The van der Waals surface area contributed by atoms with Gasteiger partial charge in [0.2, 0.25) is 0 Å². The second kappa shape index (κ2) is 9.14. The average Bonchev–Trinajstić information content (AvgIpc) is 2.38. The van der Waals surface area contributed by atoms with Crippen molar-refractivity contribution in [3.05, 3.63) is 29.8 Å². The molecule has 0 amide bonds. The van der Waals surface area contributed by atoms with Gasteiger partial charge in [-0.25, -0.2) is 0 Å². The second-order valence-corrected chi connectivity index (χ2v) is 5.06. The molecule has 0 radical (unpaired) electrons. The van der Waals surface area contributed by atoms with Crippen LogP contribution < -0.4 is 0 Å². The van der Waals surface area contributed by atoms with Gasteiger partial charge in [0.25, 0.3) is 0 Å². The van der Waals surface area contributed by atoms with E-state index in [-0.39, 0.29) is 5.78 Å². The first-order valence-corrected chi connectivity index (χ1v) is 7.03. The first kappa shape index (κ1) is 15.2. The van der Waals surface area contributed by atoms with E-state index in [0.29, 0.717) is 13.2 Å². The summed E-state index contributed by atoms with van der Waals surface area (Å²) >= 11 is 1.78. The number of benzene rings is 1. The lowest BCUT2D eigenvalue weighted by atomic mass is 10.2. The van der Waals surface area contributed by atoms with Gasteiger partial charge in [0.15, 0.2) is 5.78 Å². The van der Waals surface area contributed by atoms with Crippen molar-refractivity contribution in [2.24, 2.45) is 0 Å². The van der Waals surface area contributed by atoms with Crippen molar-refractivity contribution in [1.29, 1.82) is 0 Å². The first-order chi connectivity index (χ1) is 8.74. The standard InChI is InChI=1S/C14H20O3S/c1-12(15)13-4-6-14(7-5-13)18-11-3-8-17-10-9-16-2/h4-7H,3,8-11H2,1-2H3. The molecule has 1 aromatic rings. The Labute approximate surface area is 113 Å². The van der Waals surface area contributed by atoms with Crippen LogP contribution in [0.4, 0.5) is 0 Å². The van der Waals surface area contributed by atoms with Gasteiger partial charge in [-0.05, 0) is 25.5 Å². The van der Waals surface area contributed by atoms with Crippen molar-refractivity contribution in [3.8, 4) is 0 Å². The van der Waals surface area contributed by atoms with E-state index < -0.39 is 0 Å². The molecule has 0 aromatic heterocycles. The fourth-order valence-electron chi connectivity index (χ4n) is 1.38. The summed E-state index contributed by atoms with van der Waals surface area (Å²) in [7, 11) is 1.67. The minimum Gasteiger partial charge on any atom is -0.382 e. The van der Waals surface area contributed by atoms with Crippen molar-refractivity contribution in [3.63, 3.8) is 0 Å². The molecule has 18 heavy (non-hydrogen) atoms. The van der Waals surface area contributed by atoms with E-state index in [4.69, 9.17) is 9.47 Å². The lowest BCUT2D eigenvalue weighted by Gasteiger charge is -2.04. The van der Waals surface area contributed by atoms with E-state index in [1.165, 1.54) is 4.90 Å². The molecule has 0 aliphatic rings. The Balaban J connectivity index is 2.14. The number of carbonyl (C=O) groups is 1. The van der Waals surface area contributed by atoms with E-state index in [9.17, 15) is 4.79 Å². The first-order valence-electron chi connectivity index (χ1n) is 6.04. The summed E-state index contributed by atoms with van der Waals surface area (Å²) in [6, 6.07) is 7.74. The van der Waals surface area contributed by atoms with Crippen LogP contribution in [0.1, 0.15) is 23.7 Å². The van der Waals surface area contributed by atoms with Gasteiger partial charge in [0.05, 0.1) is 13.2 Å². The summed E-state index contributed by atoms with van der Waals surface area (Å²) in [5.41, 5.74) is 0.766. The lowest BCUT2D eigenvalue weighted by Crippen LogP contribution is -2.03. The van der Waals surface area contributed by atoms with Crippen LogP contribution in [-0.4, -0.2) is 38.5 Å². The molecule has 0 atom stereocenters. The fourth-order valence-corrected chi connectivity index (χ4v) is 2.21. The number of rotatable bonds is 9. The molecule has 0 saturated heterocycles. The second-order valence-electron chi connectivity index (χ2n) is 3.89. The van der Waals surface area contributed by atoms with Gasteiger partial charge < -0.3 is 9.47 Å². The van der Waals surface area contributed by atoms with Crippen LogP contribution in [0.25, 0.3) is 0 Å². The molecule has 0 saturated carbocycles. The lowest BCUT2D eigenvalue weighted by molar-refractivity contribution is 0.0713. The van der Waals surface area contributed by atoms with Crippen LogP contribution in [0.15, 0.2) is 29.2 Å². The summed E-state index contributed by atoms with van der Waals surface area (Å²) in [6.07, 6.45) is 1.02. The molecule has 1 rings (SSSR count). The molecule has 4 heteroatoms. The van der Waals surface area contributed by atoms with Gasteiger partial charge in [-0.15, -0.1) is 11.8 Å². The Kier molecular flexibility index (Phi) is 7.73. The van der Waals surface area contributed by atoms with Crippen molar-refractivity contribution in [2.45, 2.75) is 18.2 Å². The minimum absolute atomic E-state index is 0.109. The molecular formula is C14H20O3S. The van der Waals surface area contributed by atoms with Gasteiger partial charge in [0, 0.05) is 29.9 Å². The highest BCUT2D eigenvalue weighted by atomic mass is 32.2. The zero-order valence-electron chi connectivity index (χ0n) is 11.0. The number of hydrogen-bond acceptors (Lipinski definition) is 4. The molecule has 0 aliphatic carbocycles. The Hall–Kier alpha value is -0.840. The molecule has 1 aromatic carbocycles. The predicted molar refractivity (Wildman–Crippen MR) is 74.5 cm³/mol. The molecule has 0 heterocycles. The normalized spacial score (nSPS) is 10.6. The maximum Gasteiger partial charge on any atom is 0.159 e. The maximum atomic E-state index is 11.1. The number of methoxy groups -OCH3 is 1. The molecule has 0 N–H and O–H groups in total. The molecule has 0 spiro atoms. The Morgan fingerprint density at radius 2 is 1.89 bits per heavy atom. The van der Waals surface area contributed by atoms with E-state index in [1.54, 1.807) is 25.8 Å². The van der Waals surface area contributed by atoms with Crippen molar-refractivity contribution in [2.75, 3.05) is 32.7 Å². The fraction of sp³-hybridized carbons (Fsp3) is 0.500. The number of thioether (sulfide) groups is 1. The van der Waals surface area contributed by atoms with Crippen molar-refractivity contribution >= 4 is 17.5 Å². The van der Waals surface area contributed by atoms with Crippen LogP contribution in [0, 0.1) is 0 Å². The minimum atomic E-state index is 0.109. The largest absolute Gasteiger partial charge is 0.382 e. The average molecular weight is 268 g/mol. The topological polar surface area (TPSA) is 35.5 Å². The molecule has 0 unspecified atom stereocenters. The Bertz CT molecular complexity index is 349. The van der Waals surface area contributed by atoms with Gasteiger partial charge in [-0.1, -0.05) is 12.1 Å². The quantitative estimate of drug-likeness (QED) is 0.392. The Morgan fingerprint density at radius 1 is 1.17 bits per heavy atom.